The quantitative estimate of drug-likeness (QED) is 0.601. The van der Waals surface area contributed by atoms with Gasteiger partial charge in [0, 0.05) is 9.75 Å². The van der Waals surface area contributed by atoms with Crippen molar-refractivity contribution in [2.45, 2.75) is 44.4 Å². The molecule has 0 bridgehead atoms. The van der Waals surface area contributed by atoms with Crippen LogP contribution in [0.3, 0.4) is 0 Å². The molecule has 0 amide bonds. The number of alkyl halides is 1. The van der Waals surface area contributed by atoms with Crippen molar-refractivity contribution in [3.8, 4) is 0 Å². The summed E-state index contributed by atoms with van der Waals surface area (Å²) in [4.78, 5) is 3.43. The normalized spacial score (nSPS) is 15.6. The molecule has 0 saturated carbocycles. The molecule has 2 aromatic rings. The van der Waals surface area contributed by atoms with E-state index in [0.717, 1.165) is 5.92 Å². The first-order chi connectivity index (χ1) is 9.63. The lowest BCUT2D eigenvalue weighted by Gasteiger charge is -2.10. The van der Waals surface area contributed by atoms with E-state index in [1.807, 2.05) is 11.3 Å². The molecule has 2 heteroatoms. The van der Waals surface area contributed by atoms with E-state index in [1.54, 1.807) is 10.4 Å². The summed E-state index contributed by atoms with van der Waals surface area (Å²) < 4.78 is 0. The van der Waals surface area contributed by atoms with Crippen LogP contribution in [0.25, 0.3) is 0 Å². The van der Waals surface area contributed by atoms with Gasteiger partial charge in [-0.1, -0.05) is 54.0 Å². The lowest BCUT2D eigenvalue weighted by molar-refractivity contribution is 0.647. The van der Waals surface area contributed by atoms with Crippen LogP contribution in [0.2, 0.25) is 0 Å². The first kappa shape index (κ1) is 14.3. The van der Waals surface area contributed by atoms with Crippen LogP contribution >= 0.6 is 27.3 Å². The predicted octanol–water partition coefficient (Wildman–Crippen LogP) is 5.92. The molecule has 1 atom stereocenters. The van der Waals surface area contributed by atoms with E-state index in [2.05, 4.69) is 60.1 Å². The van der Waals surface area contributed by atoms with E-state index >= 15 is 0 Å². The largest absolute Gasteiger partial charge is 0.144 e. The Morgan fingerprint density at radius 1 is 1.15 bits per heavy atom. The van der Waals surface area contributed by atoms with E-state index in [9.17, 15) is 0 Å². The molecule has 1 aliphatic carbocycles. The van der Waals surface area contributed by atoms with Gasteiger partial charge in [-0.25, -0.2) is 0 Å². The lowest BCUT2D eigenvalue weighted by atomic mass is 10.0. The fourth-order valence-corrected chi connectivity index (χ4v) is 4.92. The molecule has 0 nitrogen and oxygen atoms in total. The van der Waals surface area contributed by atoms with Crippen LogP contribution in [0.15, 0.2) is 30.3 Å². The van der Waals surface area contributed by atoms with Crippen LogP contribution in [0.5, 0.6) is 0 Å². The Bertz CT molecular complexity index is 558. The molecule has 0 fully saturated rings. The first-order valence-corrected chi connectivity index (χ1v) is 9.21. The Hall–Kier alpha value is -0.600. The Labute approximate surface area is 134 Å². The molecule has 1 aliphatic rings. The predicted molar refractivity (Wildman–Crippen MR) is 92.1 cm³/mol. The molecule has 0 spiro atoms. The van der Waals surface area contributed by atoms with Crippen LogP contribution < -0.4 is 0 Å². The summed E-state index contributed by atoms with van der Waals surface area (Å²) in [6.07, 6.45) is 5.07. The van der Waals surface area contributed by atoms with Crippen molar-refractivity contribution in [3.05, 3.63) is 56.8 Å². The van der Waals surface area contributed by atoms with Gasteiger partial charge in [-0.2, -0.15) is 0 Å². The van der Waals surface area contributed by atoms with Gasteiger partial charge in [0.2, 0.25) is 0 Å². The highest BCUT2D eigenvalue weighted by Gasteiger charge is 2.19. The fraction of sp³-hybridized carbons (Fsp3) is 0.444. The highest BCUT2D eigenvalue weighted by Crippen LogP contribution is 2.40. The minimum absolute atomic E-state index is 0.353. The van der Waals surface area contributed by atoms with Crippen molar-refractivity contribution in [2.24, 2.45) is 5.92 Å². The number of fused-ring (bicyclic) bond motifs is 1. The highest BCUT2D eigenvalue weighted by atomic mass is 79.9. The second-order valence-corrected chi connectivity index (χ2v) is 8.24. The van der Waals surface area contributed by atoms with Gasteiger partial charge < -0.3 is 0 Å². The topological polar surface area (TPSA) is 0 Å². The molecule has 1 unspecified atom stereocenters. The number of hydrogen-bond donors (Lipinski definition) is 0. The van der Waals surface area contributed by atoms with Gasteiger partial charge in [-0.3, -0.25) is 0 Å². The van der Waals surface area contributed by atoms with Crippen LogP contribution in [-0.4, -0.2) is 0 Å². The maximum absolute atomic E-state index is 3.88. The summed E-state index contributed by atoms with van der Waals surface area (Å²) in [6.45, 7) is 4.54. The average molecular weight is 349 g/mol. The number of halogens is 1. The molecule has 0 radical (unpaired) electrons. The van der Waals surface area contributed by atoms with Crippen LogP contribution in [0.4, 0.5) is 0 Å². The zero-order valence-corrected chi connectivity index (χ0v) is 14.6. The van der Waals surface area contributed by atoms with Gasteiger partial charge in [-0.05, 0) is 54.4 Å². The molecule has 106 valence electrons. The van der Waals surface area contributed by atoms with Crippen molar-refractivity contribution in [1.82, 2.24) is 0 Å². The van der Waals surface area contributed by atoms with Crippen LogP contribution in [0.1, 0.15) is 51.5 Å². The second kappa shape index (κ2) is 6.03. The molecular weight excluding hydrogens is 328 g/mol. The molecule has 0 saturated heterocycles. The number of aryl methyl sites for hydroxylation is 2. The summed E-state index contributed by atoms with van der Waals surface area (Å²) in [5.41, 5.74) is 4.40. The molecule has 1 aromatic carbocycles. The summed E-state index contributed by atoms with van der Waals surface area (Å²) in [7, 11) is 0. The zero-order chi connectivity index (χ0) is 14.1. The molecule has 1 aromatic heterocycles. The Morgan fingerprint density at radius 3 is 2.55 bits per heavy atom. The van der Waals surface area contributed by atoms with Crippen molar-refractivity contribution in [2.75, 3.05) is 0 Å². The van der Waals surface area contributed by atoms with Crippen LogP contribution in [0, 0.1) is 5.92 Å². The third kappa shape index (κ3) is 3.01. The van der Waals surface area contributed by atoms with Crippen molar-refractivity contribution in [1.29, 1.82) is 0 Å². The summed E-state index contributed by atoms with van der Waals surface area (Å²) in [5.74, 6) is 0.723. The van der Waals surface area contributed by atoms with E-state index in [0.29, 0.717) is 4.83 Å². The lowest BCUT2D eigenvalue weighted by Crippen LogP contribution is -1.95. The van der Waals surface area contributed by atoms with Gasteiger partial charge in [0.15, 0.2) is 0 Å². The zero-order valence-electron chi connectivity index (χ0n) is 12.2. The monoisotopic (exact) mass is 348 g/mol. The highest BCUT2D eigenvalue weighted by molar-refractivity contribution is 9.09. The maximum atomic E-state index is 3.88. The van der Waals surface area contributed by atoms with Gasteiger partial charge >= 0.3 is 0 Å². The van der Waals surface area contributed by atoms with E-state index < -0.39 is 0 Å². The summed E-state index contributed by atoms with van der Waals surface area (Å²) >= 11 is 5.87. The van der Waals surface area contributed by atoms with Crippen LogP contribution in [-0.2, 0) is 19.3 Å². The Morgan fingerprint density at radius 2 is 1.90 bits per heavy atom. The molecule has 1 heterocycles. The third-order valence-corrected chi connectivity index (χ3v) is 6.56. The molecule has 3 rings (SSSR count). The molecule has 20 heavy (non-hydrogen) atoms. The first-order valence-electron chi connectivity index (χ1n) is 7.48. The number of benzene rings is 1. The summed E-state index contributed by atoms with van der Waals surface area (Å²) in [5, 5.41) is 0. The SMILES string of the molecule is CC(C)Cc1ccc(C(Br)c2cc3c(s2)CCC3)cc1. The smallest absolute Gasteiger partial charge is 0.0738 e. The standard InChI is InChI=1S/C18H21BrS/c1-12(2)10-13-6-8-14(9-7-13)18(19)17-11-15-4-3-5-16(15)20-17/h6-9,11-12,18H,3-5,10H2,1-2H3. The van der Waals surface area contributed by atoms with Crippen molar-refractivity contribution < 1.29 is 0 Å². The van der Waals surface area contributed by atoms with E-state index in [1.165, 1.54) is 41.7 Å². The average Bonchev–Trinajstić information content (AvgIpc) is 2.98. The van der Waals surface area contributed by atoms with Gasteiger partial charge in [0.25, 0.3) is 0 Å². The van der Waals surface area contributed by atoms with Crippen molar-refractivity contribution in [3.63, 3.8) is 0 Å². The minimum atomic E-state index is 0.353. The van der Waals surface area contributed by atoms with E-state index in [-0.39, 0.29) is 0 Å². The Kier molecular flexibility index (Phi) is 4.32. The number of thiophene rings is 1. The van der Waals surface area contributed by atoms with Crippen molar-refractivity contribution >= 4 is 27.3 Å². The second-order valence-electron chi connectivity index (χ2n) is 6.15. The van der Waals surface area contributed by atoms with Gasteiger partial charge in [-0.15, -0.1) is 11.3 Å². The van der Waals surface area contributed by atoms with E-state index in [4.69, 9.17) is 0 Å². The maximum Gasteiger partial charge on any atom is 0.0738 e. The third-order valence-electron chi connectivity index (χ3n) is 3.93. The molecular formula is C18H21BrS. The van der Waals surface area contributed by atoms with Gasteiger partial charge in [0.05, 0.1) is 4.83 Å². The summed E-state index contributed by atoms with van der Waals surface area (Å²) in [6, 6.07) is 11.5. The molecule has 0 N–H and O–H groups in total. The Balaban J connectivity index is 1.77. The minimum Gasteiger partial charge on any atom is -0.144 e. The number of rotatable bonds is 4. The fourth-order valence-electron chi connectivity index (χ4n) is 2.94. The molecule has 0 aliphatic heterocycles. The number of hydrogen-bond acceptors (Lipinski definition) is 1. The van der Waals surface area contributed by atoms with Gasteiger partial charge in [0.1, 0.15) is 0 Å².